The van der Waals surface area contributed by atoms with Gasteiger partial charge in [-0.25, -0.2) is 0 Å². The minimum atomic E-state index is 0.0343. The van der Waals surface area contributed by atoms with Crippen LogP contribution in [-0.4, -0.2) is 16.5 Å². The van der Waals surface area contributed by atoms with E-state index in [9.17, 15) is 4.79 Å². The Labute approximate surface area is 135 Å². The number of fused-ring (bicyclic) bond motifs is 1. The van der Waals surface area contributed by atoms with E-state index >= 15 is 0 Å². The summed E-state index contributed by atoms with van der Waals surface area (Å²) in [6.45, 7) is 6.33. The van der Waals surface area contributed by atoms with Crippen molar-refractivity contribution in [3.63, 3.8) is 0 Å². The lowest BCUT2D eigenvalue weighted by molar-refractivity contribution is 0.0958. The average Bonchev–Trinajstić information content (AvgIpc) is 2.89. The molecule has 3 rings (SSSR count). The van der Waals surface area contributed by atoms with Gasteiger partial charge in [0.2, 0.25) is 0 Å². The fourth-order valence-corrected chi connectivity index (χ4v) is 4.05. The topological polar surface area (TPSA) is 34.4 Å². The van der Waals surface area contributed by atoms with E-state index in [0.29, 0.717) is 0 Å². The van der Waals surface area contributed by atoms with Gasteiger partial charge in [0.1, 0.15) is 5.49 Å². The molecule has 3 nitrogen and oxygen atoms in total. The molecule has 0 aromatic carbocycles. The summed E-state index contributed by atoms with van der Waals surface area (Å²) in [4.78, 5) is 19.6. The van der Waals surface area contributed by atoms with E-state index in [2.05, 4.69) is 18.0 Å². The molecule has 2 aromatic rings. The highest BCUT2D eigenvalue weighted by Crippen LogP contribution is 2.32. The number of carbonyl (C=O) groups is 1. The van der Waals surface area contributed by atoms with Gasteiger partial charge in [0.25, 0.3) is 5.91 Å². The molecule has 2 heterocycles. The molecule has 1 atom stereocenters. The van der Waals surface area contributed by atoms with Crippen LogP contribution < -0.4 is 5.49 Å². The first kappa shape index (κ1) is 15.2. The first-order valence-corrected chi connectivity index (χ1v) is 8.74. The van der Waals surface area contributed by atoms with Crippen molar-refractivity contribution in [3.8, 4) is 0 Å². The lowest BCUT2D eigenvalue weighted by atomic mass is 9.90. The van der Waals surface area contributed by atoms with E-state index in [1.165, 1.54) is 16.9 Å². The highest BCUT2D eigenvalue weighted by molar-refractivity contribution is 7.14. The molecule has 0 spiro atoms. The van der Waals surface area contributed by atoms with Crippen LogP contribution in [0, 0.1) is 5.92 Å². The molecule has 1 unspecified atom stereocenters. The quantitative estimate of drug-likeness (QED) is 0.833. The summed E-state index contributed by atoms with van der Waals surface area (Å²) in [5.74, 6) is 0.757. The van der Waals surface area contributed by atoms with Crippen LogP contribution >= 0.6 is 11.3 Å². The molecule has 22 heavy (non-hydrogen) atoms. The molecule has 0 fully saturated rings. The zero-order valence-electron chi connectivity index (χ0n) is 13.4. The molecule has 0 aliphatic heterocycles. The first-order valence-electron chi connectivity index (χ1n) is 7.92. The highest BCUT2D eigenvalue weighted by Gasteiger charge is 2.21. The van der Waals surface area contributed by atoms with E-state index in [0.717, 1.165) is 29.1 Å². The molecule has 0 bridgehead atoms. The predicted octanol–water partition coefficient (Wildman–Crippen LogP) is 3.67. The van der Waals surface area contributed by atoms with Gasteiger partial charge in [0.05, 0.1) is 4.88 Å². The van der Waals surface area contributed by atoms with Crippen molar-refractivity contribution in [1.29, 1.82) is 0 Å². The van der Waals surface area contributed by atoms with Gasteiger partial charge in [-0.05, 0) is 62.8 Å². The number of nitrogens with zero attached hydrogens (tertiary/aromatic N) is 2. The minimum absolute atomic E-state index is 0.0343. The minimum Gasteiger partial charge on any atom is -0.267 e. The number of carbonyl (C=O) groups excluding carboxylic acids is 1. The Kier molecular flexibility index (Phi) is 4.30. The summed E-state index contributed by atoms with van der Waals surface area (Å²) in [6, 6.07) is 7.96. The van der Waals surface area contributed by atoms with Crippen molar-refractivity contribution in [2.24, 2.45) is 10.9 Å². The van der Waals surface area contributed by atoms with Gasteiger partial charge in [-0.15, -0.1) is 11.3 Å². The van der Waals surface area contributed by atoms with Crippen LogP contribution in [0.25, 0.3) is 0 Å². The smallest absolute Gasteiger partial charge is 0.267 e. The highest BCUT2D eigenvalue weighted by atomic mass is 32.1. The zero-order chi connectivity index (χ0) is 15.7. The standard InChI is InChI=1S/C18H22N2OS/c1-12(2)19-17-6-4-5-9-20(17)18(21)16-11-14-10-13(3)7-8-15(14)22-16/h4-6,9,11-13H,7-8,10H2,1-3H3. The van der Waals surface area contributed by atoms with Crippen LogP contribution in [0.1, 0.15) is 47.3 Å². The van der Waals surface area contributed by atoms with Crippen LogP contribution in [0.2, 0.25) is 0 Å². The number of hydrogen-bond donors (Lipinski definition) is 0. The van der Waals surface area contributed by atoms with Crippen molar-refractivity contribution in [1.82, 2.24) is 4.57 Å². The number of hydrogen-bond acceptors (Lipinski definition) is 3. The molecular weight excluding hydrogens is 292 g/mol. The number of thiophene rings is 1. The molecule has 116 valence electrons. The van der Waals surface area contributed by atoms with E-state index in [-0.39, 0.29) is 11.9 Å². The summed E-state index contributed by atoms with van der Waals surface area (Å²) in [7, 11) is 0. The number of aromatic nitrogens is 1. The molecule has 1 aliphatic carbocycles. The summed E-state index contributed by atoms with van der Waals surface area (Å²) in [5, 5.41) is 0. The lowest BCUT2D eigenvalue weighted by Gasteiger charge is -2.16. The molecule has 2 aromatic heterocycles. The van der Waals surface area contributed by atoms with E-state index in [1.54, 1.807) is 15.9 Å². The van der Waals surface area contributed by atoms with Gasteiger partial charge in [-0.2, -0.15) is 0 Å². The lowest BCUT2D eigenvalue weighted by Crippen LogP contribution is -2.27. The molecular formula is C18H22N2OS. The normalized spacial score (nSPS) is 18.5. The third-order valence-corrected chi connectivity index (χ3v) is 5.21. The monoisotopic (exact) mass is 314 g/mol. The number of aryl methyl sites for hydroxylation is 1. The Balaban J connectivity index is 1.99. The number of pyridine rings is 1. The Morgan fingerprint density at radius 1 is 1.41 bits per heavy atom. The zero-order valence-corrected chi connectivity index (χ0v) is 14.2. The molecule has 0 amide bonds. The third kappa shape index (κ3) is 3.07. The molecule has 4 heteroatoms. The van der Waals surface area contributed by atoms with Gasteiger partial charge >= 0.3 is 0 Å². The average molecular weight is 314 g/mol. The Morgan fingerprint density at radius 2 is 2.23 bits per heavy atom. The second-order valence-electron chi connectivity index (χ2n) is 6.36. The summed E-state index contributed by atoms with van der Waals surface area (Å²) in [6.07, 6.45) is 5.25. The second kappa shape index (κ2) is 6.21. The van der Waals surface area contributed by atoms with Crippen LogP contribution in [0.5, 0.6) is 0 Å². The Hall–Kier alpha value is -1.68. The van der Waals surface area contributed by atoms with Gasteiger partial charge in [0.15, 0.2) is 0 Å². The summed E-state index contributed by atoms with van der Waals surface area (Å²) < 4.78 is 1.67. The van der Waals surface area contributed by atoms with Crippen molar-refractivity contribution in [2.45, 2.75) is 46.1 Å². The molecule has 0 saturated heterocycles. The van der Waals surface area contributed by atoms with Crippen LogP contribution in [0.15, 0.2) is 35.5 Å². The second-order valence-corrected chi connectivity index (χ2v) is 7.50. The van der Waals surface area contributed by atoms with Gasteiger partial charge < -0.3 is 0 Å². The van der Waals surface area contributed by atoms with Crippen LogP contribution in [0.3, 0.4) is 0 Å². The third-order valence-electron chi connectivity index (χ3n) is 3.99. The molecule has 1 aliphatic rings. The maximum atomic E-state index is 12.9. The fourth-order valence-electron chi connectivity index (χ4n) is 2.91. The largest absolute Gasteiger partial charge is 0.273 e. The van der Waals surface area contributed by atoms with E-state index in [1.807, 2.05) is 38.2 Å². The summed E-state index contributed by atoms with van der Waals surface area (Å²) >= 11 is 1.66. The van der Waals surface area contributed by atoms with Crippen LogP contribution in [-0.2, 0) is 12.8 Å². The molecule has 0 N–H and O–H groups in total. The first-order chi connectivity index (χ1) is 10.5. The Bertz CT molecular complexity index is 754. The van der Waals surface area contributed by atoms with E-state index < -0.39 is 0 Å². The number of rotatable bonds is 2. The summed E-state index contributed by atoms with van der Waals surface area (Å²) in [5.41, 5.74) is 2.09. The molecule has 0 saturated carbocycles. The van der Waals surface area contributed by atoms with Crippen LogP contribution in [0.4, 0.5) is 0 Å². The Morgan fingerprint density at radius 3 is 3.00 bits per heavy atom. The van der Waals surface area contributed by atoms with Crippen molar-refractivity contribution in [2.75, 3.05) is 0 Å². The van der Waals surface area contributed by atoms with Crippen molar-refractivity contribution >= 4 is 17.2 Å². The van der Waals surface area contributed by atoms with Gasteiger partial charge in [0, 0.05) is 17.1 Å². The van der Waals surface area contributed by atoms with E-state index in [4.69, 9.17) is 0 Å². The van der Waals surface area contributed by atoms with Gasteiger partial charge in [-0.1, -0.05) is 13.0 Å². The maximum Gasteiger partial charge on any atom is 0.273 e. The maximum absolute atomic E-state index is 12.9. The fraction of sp³-hybridized carbons (Fsp3) is 0.444. The SMILES string of the molecule is CC1CCc2sc(C(=O)n3ccccc3=NC(C)C)cc2C1. The molecule has 0 radical (unpaired) electrons. The van der Waals surface area contributed by atoms with Gasteiger partial charge in [-0.3, -0.25) is 14.4 Å². The predicted molar refractivity (Wildman–Crippen MR) is 90.4 cm³/mol. The van der Waals surface area contributed by atoms with Crippen molar-refractivity contribution < 1.29 is 4.79 Å². The van der Waals surface area contributed by atoms with Crippen molar-refractivity contribution in [3.05, 3.63) is 51.3 Å².